The van der Waals surface area contributed by atoms with Crippen molar-refractivity contribution >= 4 is 11.9 Å². The zero-order valence-corrected chi connectivity index (χ0v) is 15.5. The Balaban J connectivity index is 1.43. The van der Waals surface area contributed by atoms with Crippen LogP contribution in [0.25, 0.3) is 11.4 Å². The Labute approximate surface area is 166 Å². The van der Waals surface area contributed by atoms with Gasteiger partial charge in [-0.05, 0) is 48.5 Å². The smallest absolute Gasteiger partial charge is 0.346 e. The van der Waals surface area contributed by atoms with Crippen LogP contribution in [0.4, 0.5) is 4.79 Å². The number of carbonyl (C=O) groups is 2. The summed E-state index contributed by atoms with van der Waals surface area (Å²) in [5.74, 6) is 1.16. The zero-order valence-electron chi connectivity index (χ0n) is 15.5. The first-order valence-electron chi connectivity index (χ1n) is 9.07. The van der Waals surface area contributed by atoms with Gasteiger partial charge in [0, 0.05) is 24.2 Å². The Hall–Kier alpha value is -3.72. The molecule has 9 nitrogen and oxygen atoms in total. The molecule has 29 heavy (non-hydrogen) atoms. The van der Waals surface area contributed by atoms with E-state index in [1.165, 1.54) is 11.0 Å². The second-order valence-corrected chi connectivity index (χ2v) is 6.41. The maximum atomic E-state index is 12.4. The Morgan fingerprint density at radius 1 is 0.966 bits per heavy atom. The molecule has 3 aromatic rings. The van der Waals surface area contributed by atoms with Gasteiger partial charge in [0.15, 0.2) is 5.82 Å². The number of nitrogens with zero attached hydrogens (tertiary/aromatic N) is 4. The van der Waals surface area contributed by atoms with Gasteiger partial charge in [-0.1, -0.05) is 0 Å². The standard InChI is InChI=1S/C20H19N5O4/c21-18(26)14-1-5-16(6-2-14)29-17-7-3-15(4-8-17)19-22-13-25(23-19)20(27)24-9-11-28-12-10-24/h1-8,13H,9-12H2,(H2,21,26). The van der Waals surface area contributed by atoms with E-state index >= 15 is 0 Å². The molecule has 1 aliphatic heterocycles. The second kappa shape index (κ2) is 8.11. The number of primary amides is 1. The minimum absolute atomic E-state index is 0.216. The minimum atomic E-state index is -0.486. The van der Waals surface area contributed by atoms with Gasteiger partial charge in [-0.3, -0.25) is 4.79 Å². The molecule has 0 radical (unpaired) electrons. The molecule has 0 atom stereocenters. The first-order valence-corrected chi connectivity index (χ1v) is 9.07. The lowest BCUT2D eigenvalue weighted by Gasteiger charge is -2.25. The number of hydrogen-bond acceptors (Lipinski definition) is 6. The summed E-state index contributed by atoms with van der Waals surface area (Å²) in [6, 6.07) is 13.5. The molecule has 9 heteroatoms. The van der Waals surface area contributed by atoms with Gasteiger partial charge in [-0.25, -0.2) is 9.78 Å². The number of rotatable bonds is 4. The van der Waals surface area contributed by atoms with Crippen LogP contribution in [0.1, 0.15) is 10.4 Å². The summed E-state index contributed by atoms with van der Waals surface area (Å²) < 4.78 is 12.3. The van der Waals surface area contributed by atoms with E-state index in [9.17, 15) is 9.59 Å². The van der Waals surface area contributed by atoms with Crippen LogP contribution in [0.3, 0.4) is 0 Å². The number of carbonyl (C=O) groups excluding carboxylic acids is 2. The SMILES string of the molecule is NC(=O)c1ccc(Oc2ccc(-c3ncn(C(=O)N4CCOCC4)n3)cc2)cc1. The van der Waals surface area contributed by atoms with Gasteiger partial charge >= 0.3 is 6.03 Å². The molecule has 2 N–H and O–H groups in total. The Bertz CT molecular complexity index is 1010. The van der Waals surface area contributed by atoms with E-state index in [4.69, 9.17) is 15.2 Å². The van der Waals surface area contributed by atoms with Crippen molar-refractivity contribution in [3.8, 4) is 22.9 Å². The highest BCUT2D eigenvalue weighted by Crippen LogP contribution is 2.24. The van der Waals surface area contributed by atoms with Gasteiger partial charge in [0.2, 0.25) is 5.91 Å². The second-order valence-electron chi connectivity index (χ2n) is 6.41. The molecule has 0 unspecified atom stereocenters. The van der Waals surface area contributed by atoms with Crippen molar-refractivity contribution in [2.24, 2.45) is 5.73 Å². The van der Waals surface area contributed by atoms with Crippen LogP contribution in [0.5, 0.6) is 11.5 Å². The third-order valence-corrected chi connectivity index (χ3v) is 4.46. The lowest BCUT2D eigenvalue weighted by atomic mass is 10.2. The predicted octanol–water partition coefficient (Wildman–Crippen LogP) is 2.14. The van der Waals surface area contributed by atoms with Gasteiger partial charge in [-0.15, -0.1) is 5.10 Å². The number of morpholine rings is 1. The van der Waals surface area contributed by atoms with Crippen molar-refractivity contribution in [1.82, 2.24) is 19.7 Å². The number of nitrogens with two attached hydrogens (primary N) is 1. The molecule has 0 saturated carbocycles. The third-order valence-electron chi connectivity index (χ3n) is 4.46. The van der Waals surface area contributed by atoms with Crippen LogP contribution >= 0.6 is 0 Å². The van der Waals surface area contributed by atoms with Crippen LogP contribution in [-0.2, 0) is 4.74 Å². The number of amides is 2. The normalized spacial score (nSPS) is 13.9. The molecule has 1 aliphatic rings. The first kappa shape index (κ1) is 18.6. The fraction of sp³-hybridized carbons (Fsp3) is 0.200. The van der Waals surface area contributed by atoms with Gasteiger partial charge in [0.1, 0.15) is 17.8 Å². The molecule has 0 spiro atoms. The topological polar surface area (TPSA) is 113 Å². The van der Waals surface area contributed by atoms with E-state index in [-0.39, 0.29) is 6.03 Å². The maximum absolute atomic E-state index is 12.4. The number of aromatic nitrogens is 3. The summed E-state index contributed by atoms with van der Waals surface area (Å²) in [5, 5.41) is 4.28. The van der Waals surface area contributed by atoms with Gasteiger partial charge < -0.3 is 20.1 Å². The highest BCUT2D eigenvalue weighted by atomic mass is 16.5. The summed E-state index contributed by atoms with van der Waals surface area (Å²) in [6.45, 7) is 2.14. The van der Waals surface area contributed by atoms with Crippen molar-refractivity contribution in [3.63, 3.8) is 0 Å². The molecule has 2 aromatic carbocycles. The first-order chi connectivity index (χ1) is 14.1. The lowest BCUT2D eigenvalue weighted by Crippen LogP contribution is -2.43. The van der Waals surface area contributed by atoms with E-state index in [1.54, 1.807) is 41.3 Å². The number of ether oxygens (including phenoxy) is 2. The van der Waals surface area contributed by atoms with Crippen molar-refractivity contribution in [2.75, 3.05) is 26.3 Å². The summed E-state index contributed by atoms with van der Waals surface area (Å²) in [6.07, 6.45) is 1.41. The summed E-state index contributed by atoms with van der Waals surface area (Å²) in [7, 11) is 0. The van der Waals surface area contributed by atoms with E-state index in [1.807, 2.05) is 12.1 Å². The summed E-state index contributed by atoms with van der Waals surface area (Å²) in [4.78, 5) is 29.5. The Morgan fingerprint density at radius 2 is 1.59 bits per heavy atom. The van der Waals surface area contributed by atoms with Crippen molar-refractivity contribution in [2.45, 2.75) is 0 Å². The molecule has 0 bridgehead atoms. The van der Waals surface area contributed by atoms with E-state index < -0.39 is 5.91 Å². The summed E-state index contributed by atoms with van der Waals surface area (Å²) in [5.41, 5.74) is 6.41. The molecule has 2 amide bonds. The number of hydrogen-bond donors (Lipinski definition) is 1. The monoisotopic (exact) mass is 393 g/mol. The molecule has 1 saturated heterocycles. The van der Waals surface area contributed by atoms with Crippen LogP contribution in [-0.4, -0.2) is 57.9 Å². The molecule has 0 aliphatic carbocycles. The molecule has 148 valence electrons. The fourth-order valence-electron chi connectivity index (χ4n) is 2.88. The van der Waals surface area contributed by atoms with Crippen LogP contribution in [0, 0.1) is 0 Å². The van der Waals surface area contributed by atoms with Crippen molar-refractivity contribution in [1.29, 1.82) is 0 Å². The molecule has 4 rings (SSSR count). The molecule has 1 aromatic heterocycles. The Morgan fingerprint density at radius 3 is 2.21 bits per heavy atom. The van der Waals surface area contributed by atoms with Crippen LogP contribution in [0.15, 0.2) is 54.9 Å². The molecular weight excluding hydrogens is 374 g/mol. The van der Waals surface area contributed by atoms with E-state index in [0.29, 0.717) is 49.2 Å². The average Bonchev–Trinajstić information content (AvgIpc) is 3.25. The van der Waals surface area contributed by atoms with Crippen molar-refractivity contribution in [3.05, 3.63) is 60.4 Å². The highest BCUT2D eigenvalue weighted by Gasteiger charge is 2.20. The van der Waals surface area contributed by atoms with Crippen molar-refractivity contribution < 1.29 is 19.1 Å². The van der Waals surface area contributed by atoms with E-state index in [0.717, 1.165) is 5.56 Å². The molecule has 1 fully saturated rings. The van der Waals surface area contributed by atoms with E-state index in [2.05, 4.69) is 10.1 Å². The number of benzene rings is 2. The predicted molar refractivity (Wildman–Crippen MR) is 104 cm³/mol. The Kier molecular flexibility index (Phi) is 5.21. The lowest BCUT2D eigenvalue weighted by molar-refractivity contribution is 0.0528. The van der Waals surface area contributed by atoms with Crippen LogP contribution in [0.2, 0.25) is 0 Å². The average molecular weight is 393 g/mol. The van der Waals surface area contributed by atoms with Crippen LogP contribution < -0.4 is 10.5 Å². The summed E-state index contributed by atoms with van der Waals surface area (Å²) >= 11 is 0. The quantitative estimate of drug-likeness (QED) is 0.727. The van der Waals surface area contributed by atoms with Gasteiger partial charge in [-0.2, -0.15) is 4.68 Å². The van der Waals surface area contributed by atoms with Gasteiger partial charge in [0.05, 0.1) is 13.2 Å². The highest BCUT2D eigenvalue weighted by molar-refractivity contribution is 5.92. The third kappa shape index (κ3) is 4.25. The minimum Gasteiger partial charge on any atom is -0.457 e. The molecular formula is C20H19N5O4. The molecule has 2 heterocycles. The maximum Gasteiger partial charge on any atom is 0.346 e. The zero-order chi connectivity index (χ0) is 20.2. The fourth-order valence-corrected chi connectivity index (χ4v) is 2.88. The van der Waals surface area contributed by atoms with Gasteiger partial charge in [0.25, 0.3) is 0 Å². The largest absolute Gasteiger partial charge is 0.457 e.